The highest BCUT2D eigenvalue weighted by atomic mass is 16.5. The van der Waals surface area contributed by atoms with E-state index in [0.29, 0.717) is 11.8 Å². The molecule has 0 aliphatic heterocycles. The van der Waals surface area contributed by atoms with Crippen molar-refractivity contribution in [3.05, 3.63) is 0 Å². The molecule has 3 saturated carbocycles. The van der Waals surface area contributed by atoms with Gasteiger partial charge in [-0.15, -0.1) is 0 Å². The summed E-state index contributed by atoms with van der Waals surface area (Å²) in [6.07, 6.45) is 4.92. The molecule has 2 amide bonds. The minimum Gasteiger partial charge on any atom is -0.469 e. The first-order valence-electron chi connectivity index (χ1n) is 7.75. The Bertz CT molecular complexity index is 461. The molecule has 0 unspecified atom stereocenters. The van der Waals surface area contributed by atoms with Crippen LogP contribution in [0.2, 0.25) is 0 Å². The molecule has 6 nitrogen and oxygen atoms in total. The Kier molecular flexibility index (Phi) is 3.87. The van der Waals surface area contributed by atoms with Crippen LogP contribution in [0.25, 0.3) is 0 Å². The van der Waals surface area contributed by atoms with Gasteiger partial charge in [0.15, 0.2) is 0 Å². The Morgan fingerprint density at radius 3 is 2.48 bits per heavy atom. The van der Waals surface area contributed by atoms with E-state index in [1.54, 1.807) is 0 Å². The first-order valence-corrected chi connectivity index (χ1v) is 7.75. The molecule has 0 heterocycles. The Morgan fingerprint density at radius 1 is 1.10 bits per heavy atom. The van der Waals surface area contributed by atoms with Gasteiger partial charge in [0.2, 0.25) is 11.8 Å². The first kappa shape index (κ1) is 14.4. The summed E-state index contributed by atoms with van der Waals surface area (Å²) in [5.74, 6) is 0.0866. The number of amides is 2. The molecule has 0 aromatic carbocycles. The molecular formula is C15H22N2O4. The lowest BCUT2D eigenvalue weighted by molar-refractivity contribution is -0.148. The Balaban J connectivity index is 1.53. The van der Waals surface area contributed by atoms with Crippen LogP contribution < -0.4 is 10.6 Å². The molecule has 4 atom stereocenters. The molecule has 21 heavy (non-hydrogen) atoms. The van der Waals surface area contributed by atoms with Crippen LogP contribution >= 0.6 is 0 Å². The zero-order valence-corrected chi connectivity index (χ0v) is 12.3. The monoisotopic (exact) mass is 294 g/mol. The summed E-state index contributed by atoms with van der Waals surface area (Å²) in [6.45, 7) is -0.00286. The average molecular weight is 294 g/mol. The van der Waals surface area contributed by atoms with E-state index in [2.05, 4.69) is 10.6 Å². The van der Waals surface area contributed by atoms with E-state index in [9.17, 15) is 14.4 Å². The predicted octanol–water partition coefficient (Wildman–Crippen LogP) is 0.217. The van der Waals surface area contributed by atoms with Crippen molar-refractivity contribution in [2.24, 2.45) is 23.7 Å². The summed E-state index contributed by atoms with van der Waals surface area (Å²) in [7, 11) is 1.39. The minimum absolute atomic E-state index is 0.00286. The molecule has 0 spiro atoms. The lowest BCUT2D eigenvalue weighted by Crippen LogP contribution is -2.50. The minimum atomic E-state index is -0.227. The Hall–Kier alpha value is -1.59. The van der Waals surface area contributed by atoms with Crippen molar-refractivity contribution < 1.29 is 19.1 Å². The summed E-state index contributed by atoms with van der Waals surface area (Å²) < 4.78 is 4.88. The van der Waals surface area contributed by atoms with Gasteiger partial charge in [-0.2, -0.15) is 0 Å². The lowest BCUT2D eigenvalue weighted by atomic mass is 9.84. The number of ether oxygens (including phenoxy) is 1. The number of hydrogen-bond acceptors (Lipinski definition) is 4. The molecule has 0 saturated heterocycles. The maximum Gasteiger partial charge on any atom is 0.311 e. The van der Waals surface area contributed by atoms with Gasteiger partial charge in [-0.3, -0.25) is 14.4 Å². The fraction of sp³-hybridized carbons (Fsp3) is 0.800. The third-order valence-electron chi connectivity index (χ3n) is 5.09. The highest BCUT2D eigenvalue weighted by molar-refractivity contribution is 5.87. The largest absolute Gasteiger partial charge is 0.469 e. The van der Waals surface area contributed by atoms with Crippen molar-refractivity contribution in [2.45, 2.75) is 38.1 Å². The molecule has 2 N–H and O–H groups in total. The Labute approximate surface area is 124 Å². The average Bonchev–Trinajstić information content (AvgIpc) is 3.15. The quantitative estimate of drug-likeness (QED) is 0.710. The van der Waals surface area contributed by atoms with Gasteiger partial charge in [0, 0.05) is 12.0 Å². The number of fused-ring (bicyclic) bond motifs is 2. The maximum atomic E-state index is 12.0. The van der Waals surface area contributed by atoms with Gasteiger partial charge in [0.05, 0.1) is 19.6 Å². The van der Waals surface area contributed by atoms with E-state index in [4.69, 9.17) is 4.74 Å². The number of nitrogens with one attached hydrogen (secondary N) is 2. The number of carbonyl (C=O) groups excluding carboxylic acids is 3. The highest BCUT2D eigenvalue weighted by Crippen LogP contribution is 2.48. The molecule has 2 bridgehead atoms. The van der Waals surface area contributed by atoms with Crippen LogP contribution in [0.1, 0.15) is 32.1 Å². The number of hydrogen-bond donors (Lipinski definition) is 2. The second kappa shape index (κ2) is 5.66. The van der Waals surface area contributed by atoms with Gasteiger partial charge >= 0.3 is 5.97 Å². The van der Waals surface area contributed by atoms with Crippen molar-refractivity contribution in [1.29, 1.82) is 0 Å². The van der Waals surface area contributed by atoms with Crippen LogP contribution in [0.5, 0.6) is 0 Å². The van der Waals surface area contributed by atoms with E-state index in [1.165, 1.54) is 7.11 Å². The van der Waals surface area contributed by atoms with Crippen LogP contribution in [0.3, 0.4) is 0 Å². The third kappa shape index (κ3) is 2.89. The van der Waals surface area contributed by atoms with Gasteiger partial charge in [-0.1, -0.05) is 0 Å². The Morgan fingerprint density at radius 2 is 1.81 bits per heavy atom. The normalized spacial score (nSPS) is 33.6. The number of esters is 1. The summed E-state index contributed by atoms with van der Waals surface area (Å²) >= 11 is 0. The zero-order valence-electron chi connectivity index (χ0n) is 12.3. The second-order valence-corrected chi connectivity index (χ2v) is 6.47. The molecule has 3 aliphatic rings. The fourth-order valence-electron chi connectivity index (χ4n) is 3.87. The summed E-state index contributed by atoms with van der Waals surface area (Å²) in [6, 6.07) is -0.137. The molecule has 0 aromatic rings. The van der Waals surface area contributed by atoms with Gasteiger partial charge in [-0.25, -0.2) is 0 Å². The zero-order chi connectivity index (χ0) is 15.0. The second-order valence-electron chi connectivity index (χ2n) is 6.47. The van der Waals surface area contributed by atoms with Crippen LogP contribution in [-0.4, -0.2) is 37.5 Å². The van der Waals surface area contributed by atoms with Gasteiger partial charge < -0.3 is 15.4 Å². The molecule has 0 radical (unpaired) electrons. The molecular weight excluding hydrogens is 272 g/mol. The fourth-order valence-corrected chi connectivity index (χ4v) is 3.87. The maximum absolute atomic E-state index is 12.0. The molecule has 0 aromatic heterocycles. The highest BCUT2D eigenvalue weighted by Gasteiger charge is 2.51. The van der Waals surface area contributed by atoms with Crippen LogP contribution in [0.15, 0.2) is 0 Å². The summed E-state index contributed by atoms with van der Waals surface area (Å²) in [5, 5.41) is 5.59. The topological polar surface area (TPSA) is 84.5 Å². The van der Waals surface area contributed by atoms with E-state index in [-0.39, 0.29) is 42.2 Å². The van der Waals surface area contributed by atoms with Crippen molar-refractivity contribution in [3.8, 4) is 0 Å². The molecule has 116 valence electrons. The SMILES string of the molecule is COC(=O)[C@H]1[C@H]2CC[C@@H](C2)[C@H]1NC(=O)CNC(=O)C1CC1. The van der Waals surface area contributed by atoms with Crippen LogP contribution in [0, 0.1) is 23.7 Å². The summed E-state index contributed by atoms with van der Waals surface area (Å²) in [4.78, 5) is 35.4. The van der Waals surface area contributed by atoms with E-state index < -0.39 is 0 Å². The smallest absolute Gasteiger partial charge is 0.311 e. The van der Waals surface area contributed by atoms with Crippen molar-refractivity contribution in [3.63, 3.8) is 0 Å². The molecule has 3 aliphatic carbocycles. The standard InChI is InChI=1S/C15H22N2O4/c1-21-15(20)12-9-4-5-10(6-9)13(12)17-11(18)7-16-14(19)8-2-3-8/h8-10,12-13H,2-7H2,1H3,(H,16,19)(H,17,18)/t9-,10-,12-,13+/m0/s1. The van der Waals surface area contributed by atoms with Crippen LogP contribution in [-0.2, 0) is 19.1 Å². The lowest BCUT2D eigenvalue weighted by Gasteiger charge is -2.29. The van der Waals surface area contributed by atoms with Gasteiger partial charge in [0.1, 0.15) is 0 Å². The third-order valence-corrected chi connectivity index (χ3v) is 5.09. The van der Waals surface area contributed by atoms with E-state index in [0.717, 1.165) is 32.1 Å². The van der Waals surface area contributed by atoms with Gasteiger partial charge in [0.25, 0.3) is 0 Å². The molecule has 6 heteroatoms. The van der Waals surface area contributed by atoms with Crippen molar-refractivity contribution >= 4 is 17.8 Å². The van der Waals surface area contributed by atoms with Crippen LogP contribution in [0.4, 0.5) is 0 Å². The van der Waals surface area contributed by atoms with Gasteiger partial charge in [-0.05, 0) is 43.9 Å². The van der Waals surface area contributed by atoms with Crippen molar-refractivity contribution in [2.75, 3.05) is 13.7 Å². The molecule has 3 rings (SSSR count). The van der Waals surface area contributed by atoms with E-state index >= 15 is 0 Å². The first-order chi connectivity index (χ1) is 10.1. The number of carbonyl (C=O) groups is 3. The number of rotatable bonds is 5. The predicted molar refractivity (Wildman–Crippen MR) is 74.0 cm³/mol. The van der Waals surface area contributed by atoms with E-state index in [1.807, 2.05) is 0 Å². The van der Waals surface area contributed by atoms with Crippen molar-refractivity contribution in [1.82, 2.24) is 10.6 Å². The molecule has 3 fully saturated rings. The summed E-state index contributed by atoms with van der Waals surface area (Å²) in [5.41, 5.74) is 0. The number of methoxy groups -OCH3 is 1.